The van der Waals surface area contributed by atoms with Gasteiger partial charge < -0.3 is 78.7 Å². The molecule has 9 N–H and O–H groups in total. The van der Waals surface area contributed by atoms with Gasteiger partial charge in [0.15, 0.2) is 24.7 Å². The molecule has 0 radical (unpaired) electrons. The number of hydrogen-bond acceptors (Lipinski definition) is 19. The van der Waals surface area contributed by atoms with Crippen LogP contribution in [0.2, 0.25) is 0 Å². The molecule has 67 heavy (non-hydrogen) atoms. The summed E-state index contributed by atoms with van der Waals surface area (Å²) < 4.78 is 86.5. The van der Waals surface area contributed by atoms with E-state index in [-0.39, 0.29) is 46.5 Å². The Morgan fingerprint density at radius 2 is 1.39 bits per heavy atom. The lowest BCUT2D eigenvalue weighted by molar-refractivity contribution is -0.384. The van der Waals surface area contributed by atoms with E-state index in [1.54, 1.807) is 0 Å². The van der Waals surface area contributed by atoms with Crippen LogP contribution in [0.4, 0.5) is 0 Å². The van der Waals surface area contributed by atoms with Crippen LogP contribution in [-0.4, -0.2) is 184 Å². The summed E-state index contributed by atoms with van der Waals surface area (Å²) in [5, 5.41) is 88.0. The molecule has 0 aromatic rings. The lowest BCUT2D eigenvalue weighted by Crippen LogP contribution is -2.68. The highest BCUT2D eigenvalue weighted by molar-refractivity contribution is 7.80. The molecule has 2 spiro atoms. The molecule has 0 amide bonds. The molecule has 9 aliphatic rings. The first-order chi connectivity index (χ1) is 31.2. The molecule has 24 unspecified atom stereocenters. The van der Waals surface area contributed by atoms with E-state index in [4.69, 9.17) is 42.4 Å². The molecule has 2 bridgehead atoms. The number of allylic oxidation sites excluding steroid dienone is 1. The highest BCUT2D eigenvalue weighted by Gasteiger charge is 2.81. The maximum absolute atomic E-state index is 12.4. The average molecular weight is 979 g/mol. The van der Waals surface area contributed by atoms with E-state index in [1.165, 1.54) is 0 Å². The number of aliphatic hydroxyl groups excluding tert-OH is 7. The summed E-state index contributed by atoms with van der Waals surface area (Å²) in [6, 6.07) is 0. The third-order valence-corrected chi connectivity index (χ3v) is 19.3. The Kier molecular flexibility index (Phi) is 13.4. The fourth-order valence-corrected chi connectivity index (χ4v) is 15.9. The quantitative estimate of drug-likeness (QED) is 0.0808. The molecule has 4 aliphatic carbocycles. The summed E-state index contributed by atoms with van der Waals surface area (Å²) in [7, 11) is -5.01. The van der Waals surface area contributed by atoms with Crippen LogP contribution < -0.4 is 0 Å². The predicted molar refractivity (Wildman–Crippen MR) is 229 cm³/mol. The largest absolute Gasteiger partial charge is 0.397 e. The second-order valence-electron chi connectivity index (χ2n) is 23.0. The molecule has 9 rings (SSSR count). The summed E-state index contributed by atoms with van der Waals surface area (Å²) in [4.78, 5) is 0. The first-order valence-electron chi connectivity index (χ1n) is 24.1. The SMILES string of the molecule is CC(C)=CC1COC23CC4(CO2)C(CCC2C5(C)CCC(OC6OCC(O)C(OC7OC(COS(=O)(=O)O)C(O)C(O)C7O)C6OC6OCC(O)C(O)C6O)C(C)(C)C5CCC24C)C3C1(C)O. The molecule has 24 atom stereocenters. The van der Waals surface area contributed by atoms with Crippen molar-refractivity contribution >= 4 is 10.4 Å². The second-order valence-corrected chi connectivity index (χ2v) is 24.1. The molecule has 20 nitrogen and oxygen atoms in total. The van der Waals surface area contributed by atoms with Crippen molar-refractivity contribution in [1.82, 2.24) is 0 Å². The van der Waals surface area contributed by atoms with Crippen LogP contribution >= 0.6 is 0 Å². The van der Waals surface area contributed by atoms with Crippen LogP contribution in [-0.2, 0) is 52.5 Å². The summed E-state index contributed by atoms with van der Waals surface area (Å²) in [5.74, 6) is -0.350. The fraction of sp³-hybridized carbons (Fsp3) is 0.957. The zero-order chi connectivity index (χ0) is 48.6. The molecule has 0 aromatic heterocycles. The molecule has 5 heterocycles. The zero-order valence-corrected chi connectivity index (χ0v) is 40.3. The van der Waals surface area contributed by atoms with Gasteiger partial charge in [-0.3, -0.25) is 4.55 Å². The molecule has 5 saturated heterocycles. The van der Waals surface area contributed by atoms with Crippen molar-refractivity contribution in [3.8, 4) is 0 Å². The Hall–Kier alpha value is -1.03. The van der Waals surface area contributed by atoms with Gasteiger partial charge in [0.1, 0.15) is 61.0 Å². The number of hydrogen-bond donors (Lipinski definition) is 9. The smallest absolute Gasteiger partial charge is 0.389 e. The number of rotatable bonds is 10. The van der Waals surface area contributed by atoms with E-state index in [0.717, 1.165) is 44.1 Å². The first kappa shape index (κ1) is 50.9. The van der Waals surface area contributed by atoms with Gasteiger partial charge in [-0.2, -0.15) is 8.42 Å². The Morgan fingerprint density at radius 3 is 2.09 bits per heavy atom. The van der Waals surface area contributed by atoms with Crippen LogP contribution in [0.3, 0.4) is 0 Å². The van der Waals surface area contributed by atoms with Crippen molar-refractivity contribution in [1.29, 1.82) is 0 Å². The van der Waals surface area contributed by atoms with Crippen molar-refractivity contribution in [2.45, 2.75) is 191 Å². The second kappa shape index (κ2) is 17.6. The molecular formula is C46H74O20S. The maximum atomic E-state index is 12.4. The molecule has 5 aliphatic heterocycles. The van der Waals surface area contributed by atoms with Gasteiger partial charge >= 0.3 is 10.4 Å². The Bertz CT molecular complexity index is 1970. The highest BCUT2D eigenvalue weighted by atomic mass is 32.3. The van der Waals surface area contributed by atoms with Gasteiger partial charge in [0, 0.05) is 23.7 Å². The zero-order valence-electron chi connectivity index (χ0n) is 39.5. The van der Waals surface area contributed by atoms with Gasteiger partial charge in [0.2, 0.25) is 0 Å². The van der Waals surface area contributed by atoms with Crippen LogP contribution in [0.5, 0.6) is 0 Å². The lowest BCUT2D eigenvalue weighted by Gasteiger charge is -2.70. The number of fused-ring (bicyclic) bond motifs is 4. The van der Waals surface area contributed by atoms with Crippen molar-refractivity contribution in [2.75, 3.05) is 33.0 Å². The van der Waals surface area contributed by atoms with Crippen LogP contribution in [0.15, 0.2) is 11.6 Å². The van der Waals surface area contributed by atoms with Crippen LogP contribution in [0, 0.1) is 51.2 Å². The van der Waals surface area contributed by atoms with Gasteiger partial charge in [-0.15, -0.1) is 0 Å². The van der Waals surface area contributed by atoms with Crippen molar-refractivity contribution in [3.63, 3.8) is 0 Å². The molecule has 4 saturated carbocycles. The number of ether oxygens (including phenoxy) is 8. The third kappa shape index (κ3) is 8.13. The van der Waals surface area contributed by atoms with Crippen LogP contribution in [0.25, 0.3) is 0 Å². The van der Waals surface area contributed by atoms with Crippen molar-refractivity contribution in [3.05, 3.63) is 11.6 Å². The normalized spacial score (nSPS) is 54.9. The Morgan fingerprint density at radius 1 is 0.716 bits per heavy atom. The lowest BCUT2D eigenvalue weighted by atomic mass is 9.35. The van der Waals surface area contributed by atoms with Crippen molar-refractivity contribution < 1.29 is 95.9 Å². The maximum Gasteiger partial charge on any atom is 0.397 e. The molecule has 0 aromatic carbocycles. The minimum atomic E-state index is -5.01. The summed E-state index contributed by atoms with van der Waals surface area (Å²) in [5.41, 5.74) is -0.719. The summed E-state index contributed by atoms with van der Waals surface area (Å²) in [6.45, 7) is 14.6. The standard InChI is InChI=1S/C46H74O20S/c1-21(2)14-22-15-60-46-19-45(20-61-46)23(37(46)44(22,7)54)8-9-28-42(5)12-11-29(41(3,4)27(42)10-13-43(28,45)6)64-40-36(66-38-33(52)30(49)24(47)16-58-38)35(25(48)17-59-40)65-39-34(53)32(51)31(50)26(63-39)18-62-67(55,56)57/h14,22-40,47-54H,8-13,15-20H2,1-7H3,(H,55,56,57). The Labute approximate surface area is 392 Å². The van der Waals surface area contributed by atoms with Gasteiger partial charge in [-0.25, -0.2) is 4.18 Å². The topological polar surface area (TPSA) is 299 Å². The minimum Gasteiger partial charge on any atom is -0.389 e. The fourth-order valence-electron chi connectivity index (χ4n) is 15.6. The number of aliphatic hydroxyl groups is 8. The molecular weight excluding hydrogens is 905 g/mol. The van der Waals surface area contributed by atoms with E-state index in [0.29, 0.717) is 25.6 Å². The van der Waals surface area contributed by atoms with E-state index in [9.17, 15) is 49.3 Å². The molecule has 21 heteroatoms. The van der Waals surface area contributed by atoms with Gasteiger partial charge in [-0.1, -0.05) is 39.3 Å². The molecule has 384 valence electrons. The summed E-state index contributed by atoms with van der Waals surface area (Å²) >= 11 is 0. The van der Waals surface area contributed by atoms with Crippen molar-refractivity contribution in [2.24, 2.45) is 51.2 Å². The van der Waals surface area contributed by atoms with Gasteiger partial charge in [0.25, 0.3) is 0 Å². The van der Waals surface area contributed by atoms with E-state index in [1.807, 2.05) is 6.92 Å². The molecule has 9 fully saturated rings. The van der Waals surface area contributed by atoms with Gasteiger partial charge in [0.05, 0.1) is 44.7 Å². The first-order valence-corrected chi connectivity index (χ1v) is 25.5. The Balaban J connectivity index is 0.965. The summed E-state index contributed by atoms with van der Waals surface area (Å²) in [6.07, 6.45) is -14.1. The third-order valence-electron chi connectivity index (χ3n) is 18.8. The van der Waals surface area contributed by atoms with E-state index >= 15 is 0 Å². The average Bonchev–Trinajstić information content (AvgIpc) is 3.78. The predicted octanol–water partition coefficient (Wildman–Crippen LogP) is 0.290. The van der Waals surface area contributed by atoms with E-state index in [2.05, 4.69) is 51.8 Å². The highest BCUT2D eigenvalue weighted by Crippen LogP contribution is 2.80. The minimum absolute atomic E-state index is 0.102. The van der Waals surface area contributed by atoms with Crippen LogP contribution in [0.1, 0.15) is 93.4 Å². The van der Waals surface area contributed by atoms with E-state index < -0.39 is 126 Å². The van der Waals surface area contributed by atoms with Gasteiger partial charge in [-0.05, 0) is 93.3 Å². The monoisotopic (exact) mass is 978 g/mol.